The van der Waals surface area contributed by atoms with Crippen LogP contribution in [0, 0.1) is 0 Å². The number of carbonyl (C=O) groups is 1. The third-order valence-electron chi connectivity index (χ3n) is 4.28. The summed E-state index contributed by atoms with van der Waals surface area (Å²) in [6.45, 7) is 2.19. The SMILES string of the molecule is C[C@@H](Cn1c(=O)oc2ccccc21)NC(=O)CSc1ncnc2ccccc12. The number of hydrogen-bond donors (Lipinski definition) is 1. The van der Waals surface area contributed by atoms with Crippen molar-refractivity contribution in [1.82, 2.24) is 19.9 Å². The van der Waals surface area contributed by atoms with Crippen molar-refractivity contribution in [1.29, 1.82) is 0 Å². The van der Waals surface area contributed by atoms with Gasteiger partial charge in [-0.2, -0.15) is 0 Å². The second-order valence-corrected chi connectivity index (χ2v) is 7.36. The number of para-hydroxylation sites is 3. The monoisotopic (exact) mass is 394 g/mol. The molecule has 0 aliphatic heterocycles. The van der Waals surface area contributed by atoms with Gasteiger partial charge in [-0.1, -0.05) is 42.1 Å². The summed E-state index contributed by atoms with van der Waals surface area (Å²) in [6.07, 6.45) is 1.50. The van der Waals surface area contributed by atoms with Gasteiger partial charge in [0.05, 0.1) is 16.8 Å². The first-order chi connectivity index (χ1) is 13.6. The molecular formula is C20H18N4O3S. The minimum atomic E-state index is -0.427. The predicted octanol–water partition coefficient (Wildman–Crippen LogP) is 2.83. The van der Waals surface area contributed by atoms with Crippen LogP contribution in [0.25, 0.3) is 22.0 Å². The Morgan fingerprint density at radius 2 is 1.96 bits per heavy atom. The van der Waals surface area contributed by atoms with E-state index in [2.05, 4.69) is 15.3 Å². The Morgan fingerprint density at radius 1 is 1.18 bits per heavy atom. The molecule has 2 aromatic carbocycles. The lowest BCUT2D eigenvalue weighted by atomic mass is 10.2. The summed E-state index contributed by atoms with van der Waals surface area (Å²) in [5.41, 5.74) is 2.10. The van der Waals surface area contributed by atoms with Crippen molar-refractivity contribution in [3.63, 3.8) is 0 Å². The minimum Gasteiger partial charge on any atom is -0.408 e. The second-order valence-electron chi connectivity index (χ2n) is 6.40. The molecule has 0 spiro atoms. The molecule has 2 heterocycles. The molecule has 0 fully saturated rings. The molecule has 4 aromatic rings. The Balaban J connectivity index is 1.39. The molecule has 142 valence electrons. The Bertz CT molecular complexity index is 1200. The topological polar surface area (TPSA) is 90.0 Å². The summed E-state index contributed by atoms with van der Waals surface area (Å²) in [4.78, 5) is 32.9. The van der Waals surface area contributed by atoms with Crippen LogP contribution in [0.3, 0.4) is 0 Å². The Morgan fingerprint density at radius 3 is 2.86 bits per heavy atom. The van der Waals surface area contributed by atoms with Gasteiger partial charge in [-0.3, -0.25) is 9.36 Å². The maximum atomic E-state index is 12.4. The van der Waals surface area contributed by atoms with Crippen molar-refractivity contribution in [2.24, 2.45) is 0 Å². The van der Waals surface area contributed by atoms with Crippen LogP contribution < -0.4 is 11.1 Å². The fourth-order valence-electron chi connectivity index (χ4n) is 3.05. The number of carbonyl (C=O) groups excluding carboxylic acids is 1. The molecule has 4 rings (SSSR count). The average molecular weight is 394 g/mol. The third-order valence-corrected chi connectivity index (χ3v) is 5.29. The van der Waals surface area contributed by atoms with Crippen molar-refractivity contribution >= 4 is 39.7 Å². The first kappa shape index (κ1) is 18.2. The molecule has 8 heteroatoms. The number of rotatable bonds is 6. The highest BCUT2D eigenvalue weighted by Crippen LogP contribution is 2.23. The standard InChI is InChI=1S/C20H18N4O3S/c1-13(10-24-16-8-4-5-9-17(16)27-20(24)26)23-18(25)11-28-19-14-6-2-3-7-15(14)21-12-22-19/h2-9,12-13H,10-11H2,1H3,(H,23,25)/t13-/m0/s1. The van der Waals surface area contributed by atoms with Crippen molar-refractivity contribution < 1.29 is 9.21 Å². The van der Waals surface area contributed by atoms with E-state index >= 15 is 0 Å². The average Bonchev–Trinajstić information content (AvgIpc) is 3.01. The van der Waals surface area contributed by atoms with E-state index in [1.54, 1.807) is 6.07 Å². The van der Waals surface area contributed by atoms with E-state index in [1.807, 2.05) is 49.4 Å². The summed E-state index contributed by atoms with van der Waals surface area (Å²) in [6, 6.07) is 14.7. The molecule has 0 aliphatic carbocycles. The minimum absolute atomic E-state index is 0.124. The normalized spacial score (nSPS) is 12.3. The molecule has 2 aromatic heterocycles. The maximum Gasteiger partial charge on any atom is 0.420 e. The van der Waals surface area contributed by atoms with Gasteiger partial charge in [0, 0.05) is 18.0 Å². The highest BCUT2D eigenvalue weighted by Gasteiger charge is 2.14. The number of aromatic nitrogens is 3. The van der Waals surface area contributed by atoms with Crippen LogP contribution in [-0.4, -0.2) is 32.2 Å². The summed E-state index contributed by atoms with van der Waals surface area (Å²) < 4.78 is 6.76. The molecule has 7 nitrogen and oxygen atoms in total. The van der Waals surface area contributed by atoms with Crippen LogP contribution in [0.4, 0.5) is 0 Å². The van der Waals surface area contributed by atoms with E-state index in [9.17, 15) is 9.59 Å². The summed E-state index contributed by atoms with van der Waals surface area (Å²) in [5, 5.41) is 4.62. The zero-order valence-corrected chi connectivity index (χ0v) is 16.0. The second kappa shape index (κ2) is 7.85. The van der Waals surface area contributed by atoms with Crippen LogP contribution in [0.15, 0.2) is 69.1 Å². The Hall–Kier alpha value is -3.13. The van der Waals surface area contributed by atoms with Gasteiger partial charge in [0.2, 0.25) is 5.91 Å². The van der Waals surface area contributed by atoms with Gasteiger partial charge >= 0.3 is 5.76 Å². The molecule has 1 N–H and O–H groups in total. The third kappa shape index (κ3) is 3.77. The quantitative estimate of drug-likeness (QED) is 0.400. The molecule has 0 bridgehead atoms. The number of nitrogens with one attached hydrogen (secondary N) is 1. The fourth-order valence-corrected chi connectivity index (χ4v) is 3.85. The number of benzene rings is 2. The Kier molecular flexibility index (Phi) is 5.12. The smallest absolute Gasteiger partial charge is 0.408 e. The van der Waals surface area contributed by atoms with Gasteiger partial charge in [0.15, 0.2) is 5.58 Å². The van der Waals surface area contributed by atoms with Crippen molar-refractivity contribution in [3.8, 4) is 0 Å². The first-order valence-corrected chi connectivity index (χ1v) is 9.80. The van der Waals surface area contributed by atoms with Crippen LogP contribution in [0.1, 0.15) is 6.92 Å². The number of amides is 1. The van der Waals surface area contributed by atoms with Gasteiger partial charge in [-0.25, -0.2) is 14.8 Å². The van der Waals surface area contributed by atoms with Gasteiger partial charge in [0.25, 0.3) is 0 Å². The molecule has 0 unspecified atom stereocenters. The van der Waals surface area contributed by atoms with Crippen LogP contribution in [0.2, 0.25) is 0 Å². The number of nitrogens with zero attached hydrogens (tertiary/aromatic N) is 3. The molecule has 0 aliphatic rings. The van der Waals surface area contributed by atoms with E-state index in [4.69, 9.17) is 4.42 Å². The largest absolute Gasteiger partial charge is 0.420 e. The van der Waals surface area contributed by atoms with Gasteiger partial charge in [-0.15, -0.1) is 0 Å². The zero-order valence-electron chi connectivity index (χ0n) is 15.2. The highest BCUT2D eigenvalue weighted by molar-refractivity contribution is 8.00. The van der Waals surface area contributed by atoms with Crippen LogP contribution in [0.5, 0.6) is 0 Å². The summed E-state index contributed by atoms with van der Waals surface area (Å²) in [7, 11) is 0. The van der Waals surface area contributed by atoms with E-state index in [0.717, 1.165) is 21.4 Å². The molecule has 0 saturated heterocycles. The lowest BCUT2D eigenvalue weighted by Gasteiger charge is -2.14. The molecule has 0 radical (unpaired) electrons. The molecule has 1 atom stereocenters. The number of thioether (sulfide) groups is 1. The molecule has 0 saturated carbocycles. The first-order valence-electron chi connectivity index (χ1n) is 8.82. The van der Waals surface area contributed by atoms with Gasteiger partial charge in [0.1, 0.15) is 11.4 Å². The van der Waals surface area contributed by atoms with E-state index in [0.29, 0.717) is 12.1 Å². The fraction of sp³-hybridized carbons (Fsp3) is 0.200. The summed E-state index contributed by atoms with van der Waals surface area (Å²) in [5.74, 6) is -0.322. The highest BCUT2D eigenvalue weighted by atomic mass is 32.2. The molecule has 1 amide bonds. The van der Waals surface area contributed by atoms with Crippen LogP contribution in [-0.2, 0) is 11.3 Å². The van der Waals surface area contributed by atoms with Gasteiger partial charge in [-0.05, 0) is 25.1 Å². The zero-order chi connectivity index (χ0) is 19.5. The summed E-state index contributed by atoms with van der Waals surface area (Å²) >= 11 is 1.36. The van der Waals surface area contributed by atoms with Crippen molar-refractivity contribution in [2.45, 2.75) is 24.5 Å². The van der Waals surface area contributed by atoms with E-state index in [-0.39, 0.29) is 17.7 Å². The molecule has 28 heavy (non-hydrogen) atoms. The van der Waals surface area contributed by atoms with Crippen LogP contribution >= 0.6 is 11.8 Å². The van der Waals surface area contributed by atoms with Crippen molar-refractivity contribution in [2.75, 3.05) is 5.75 Å². The number of hydrogen-bond acceptors (Lipinski definition) is 6. The number of oxazole rings is 1. The maximum absolute atomic E-state index is 12.4. The lowest BCUT2D eigenvalue weighted by molar-refractivity contribution is -0.119. The van der Waals surface area contributed by atoms with Crippen molar-refractivity contribution in [3.05, 3.63) is 65.4 Å². The van der Waals surface area contributed by atoms with E-state index < -0.39 is 5.76 Å². The molecular weight excluding hydrogens is 376 g/mol. The van der Waals surface area contributed by atoms with E-state index in [1.165, 1.54) is 22.7 Å². The van der Waals surface area contributed by atoms with Gasteiger partial charge < -0.3 is 9.73 Å². The Labute approximate surface area is 164 Å². The number of fused-ring (bicyclic) bond motifs is 2. The predicted molar refractivity (Wildman–Crippen MR) is 108 cm³/mol. The lowest BCUT2D eigenvalue weighted by Crippen LogP contribution is -2.38.